The smallest absolute Gasteiger partial charge is 0.301 e. The number of anilines is 1. The van der Waals surface area contributed by atoms with Crippen molar-refractivity contribution in [2.75, 3.05) is 18.6 Å². The number of hydrogen-bond acceptors (Lipinski definition) is 7. The number of amides is 1. The number of ether oxygens (including phenoxy) is 2. The highest BCUT2D eigenvalue weighted by Gasteiger charge is 2.48. The van der Waals surface area contributed by atoms with Gasteiger partial charge >= 0.3 is 5.91 Å². The molecule has 0 radical (unpaired) electrons. The Kier molecular flexibility index (Phi) is 6.38. The van der Waals surface area contributed by atoms with Crippen LogP contribution in [0.2, 0.25) is 5.02 Å². The van der Waals surface area contributed by atoms with E-state index in [1.165, 1.54) is 23.3 Å². The highest BCUT2D eigenvalue weighted by Crippen LogP contribution is 2.45. The van der Waals surface area contributed by atoms with Crippen LogP contribution in [0.3, 0.4) is 0 Å². The number of hydrogen-bond donors (Lipinski definition) is 1. The first-order valence-electron chi connectivity index (χ1n) is 11.2. The maximum absolute atomic E-state index is 13.4. The Balaban J connectivity index is 1.72. The van der Waals surface area contributed by atoms with Gasteiger partial charge in [-0.2, -0.15) is 0 Å². The van der Waals surface area contributed by atoms with Crippen molar-refractivity contribution >= 4 is 55.7 Å². The molecular formula is C27H21ClN2O5S. The Labute approximate surface area is 216 Å². The van der Waals surface area contributed by atoms with Crippen LogP contribution in [0.15, 0.2) is 72.3 Å². The number of aliphatic hydroxyl groups excluding tert-OH is 1. The van der Waals surface area contributed by atoms with E-state index >= 15 is 0 Å². The number of carbonyl (C=O) groups excluding carboxylic acids is 2. The van der Waals surface area contributed by atoms with Crippen molar-refractivity contribution in [3.63, 3.8) is 0 Å². The van der Waals surface area contributed by atoms with Gasteiger partial charge in [0.25, 0.3) is 5.78 Å². The third kappa shape index (κ3) is 4.19. The minimum absolute atomic E-state index is 0.0424. The SMILES string of the molecule is CCOc1cccc(C(O)=C2C(=O)C(=O)N(c3nc4ccc(Cl)cc4s3)C2c2cccc(OC)c2)c1. The molecule has 2 heterocycles. The summed E-state index contributed by atoms with van der Waals surface area (Å²) in [6.07, 6.45) is 0. The average molecular weight is 521 g/mol. The molecule has 0 spiro atoms. The lowest BCUT2D eigenvalue weighted by Gasteiger charge is -2.23. The van der Waals surface area contributed by atoms with Gasteiger partial charge in [-0.3, -0.25) is 14.5 Å². The molecule has 182 valence electrons. The van der Waals surface area contributed by atoms with Crippen LogP contribution in [-0.2, 0) is 9.59 Å². The summed E-state index contributed by atoms with van der Waals surface area (Å²) in [6.45, 7) is 2.30. The number of rotatable bonds is 6. The van der Waals surface area contributed by atoms with Crippen LogP contribution >= 0.6 is 22.9 Å². The fraction of sp³-hybridized carbons (Fsp3) is 0.148. The molecule has 1 amide bonds. The van der Waals surface area contributed by atoms with Gasteiger partial charge in [-0.25, -0.2) is 4.98 Å². The predicted octanol–water partition coefficient (Wildman–Crippen LogP) is 5.98. The second-order valence-corrected chi connectivity index (χ2v) is 9.46. The average Bonchev–Trinajstić information content (AvgIpc) is 3.41. The molecule has 36 heavy (non-hydrogen) atoms. The molecule has 0 saturated carbocycles. The van der Waals surface area contributed by atoms with Crippen molar-refractivity contribution < 1.29 is 24.2 Å². The molecular weight excluding hydrogens is 500 g/mol. The van der Waals surface area contributed by atoms with Crippen LogP contribution in [-0.4, -0.2) is 35.5 Å². The van der Waals surface area contributed by atoms with Crippen LogP contribution < -0.4 is 14.4 Å². The first-order valence-corrected chi connectivity index (χ1v) is 12.3. The number of carbonyl (C=O) groups is 2. The molecule has 1 atom stereocenters. The lowest BCUT2D eigenvalue weighted by atomic mass is 9.95. The molecule has 1 saturated heterocycles. The molecule has 0 aliphatic carbocycles. The minimum Gasteiger partial charge on any atom is -0.507 e. The molecule has 3 aromatic carbocycles. The van der Waals surface area contributed by atoms with E-state index in [0.717, 1.165) is 4.70 Å². The quantitative estimate of drug-likeness (QED) is 0.191. The molecule has 1 aromatic heterocycles. The molecule has 1 unspecified atom stereocenters. The van der Waals surface area contributed by atoms with Crippen LogP contribution in [0.5, 0.6) is 11.5 Å². The number of nitrogens with zero attached hydrogens (tertiary/aromatic N) is 2. The van der Waals surface area contributed by atoms with Crippen LogP contribution in [0, 0.1) is 0 Å². The van der Waals surface area contributed by atoms with Crippen molar-refractivity contribution in [3.8, 4) is 11.5 Å². The van der Waals surface area contributed by atoms with Crippen molar-refractivity contribution in [1.29, 1.82) is 0 Å². The summed E-state index contributed by atoms with van der Waals surface area (Å²) in [7, 11) is 1.53. The van der Waals surface area contributed by atoms with E-state index in [1.807, 2.05) is 6.92 Å². The molecule has 5 rings (SSSR count). The van der Waals surface area contributed by atoms with Gasteiger partial charge in [-0.1, -0.05) is 47.2 Å². The Hall–Kier alpha value is -3.88. The van der Waals surface area contributed by atoms with Gasteiger partial charge in [-0.05, 0) is 55.0 Å². The monoisotopic (exact) mass is 520 g/mol. The lowest BCUT2D eigenvalue weighted by Crippen LogP contribution is -2.29. The number of halogens is 1. The van der Waals surface area contributed by atoms with Crippen LogP contribution in [0.4, 0.5) is 5.13 Å². The fourth-order valence-electron chi connectivity index (χ4n) is 4.20. The summed E-state index contributed by atoms with van der Waals surface area (Å²) in [5.41, 5.74) is 1.56. The zero-order chi connectivity index (χ0) is 25.4. The molecule has 7 nitrogen and oxygen atoms in total. The number of ketones is 1. The zero-order valence-electron chi connectivity index (χ0n) is 19.4. The molecule has 4 aromatic rings. The maximum atomic E-state index is 13.4. The Morgan fingerprint density at radius 3 is 2.64 bits per heavy atom. The number of thiazole rings is 1. The van der Waals surface area contributed by atoms with Gasteiger partial charge in [-0.15, -0.1) is 0 Å². The van der Waals surface area contributed by atoms with E-state index < -0.39 is 17.7 Å². The molecule has 1 fully saturated rings. The topological polar surface area (TPSA) is 89.0 Å². The zero-order valence-corrected chi connectivity index (χ0v) is 21.0. The van der Waals surface area contributed by atoms with Gasteiger partial charge in [0.2, 0.25) is 0 Å². The number of methoxy groups -OCH3 is 1. The van der Waals surface area contributed by atoms with Crippen LogP contribution in [0.25, 0.3) is 16.0 Å². The van der Waals surface area contributed by atoms with Crippen molar-refractivity contribution in [3.05, 3.63) is 88.5 Å². The summed E-state index contributed by atoms with van der Waals surface area (Å²) in [4.78, 5) is 32.8. The van der Waals surface area contributed by atoms with Crippen molar-refractivity contribution in [1.82, 2.24) is 4.98 Å². The second kappa shape index (κ2) is 9.64. The number of aromatic nitrogens is 1. The summed E-state index contributed by atoms with van der Waals surface area (Å²) >= 11 is 7.39. The van der Waals surface area contributed by atoms with E-state index in [1.54, 1.807) is 66.7 Å². The highest BCUT2D eigenvalue weighted by molar-refractivity contribution is 7.22. The first-order chi connectivity index (χ1) is 17.4. The van der Waals surface area contributed by atoms with Gasteiger partial charge < -0.3 is 14.6 Å². The highest BCUT2D eigenvalue weighted by atomic mass is 35.5. The van der Waals surface area contributed by atoms with Gasteiger partial charge in [0.1, 0.15) is 17.3 Å². The first kappa shape index (κ1) is 23.8. The van der Waals surface area contributed by atoms with Gasteiger partial charge in [0, 0.05) is 10.6 Å². The predicted molar refractivity (Wildman–Crippen MR) is 140 cm³/mol. The molecule has 1 N–H and O–H groups in total. The van der Waals surface area contributed by atoms with Gasteiger partial charge in [0.05, 0.1) is 35.5 Å². The third-order valence-corrected chi connectivity index (χ3v) is 7.07. The normalized spacial score (nSPS) is 17.1. The largest absolute Gasteiger partial charge is 0.507 e. The minimum atomic E-state index is -0.924. The summed E-state index contributed by atoms with van der Waals surface area (Å²) < 4.78 is 11.7. The van der Waals surface area contributed by atoms with E-state index in [0.29, 0.717) is 44.9 Å². The molecule has 9 heteroatoms. The Morgan fingerprint density at radius 2 is 1.86 bits per heavy atom. The Morgan fingerprint density at radius 1 is 1.08 bits per heavy atom. The number of benzene rings is 3. The van der Waals surface area contributed by atoms with Crippen molar-refractivity contribution in [2.24, 2.45) is 0 Å². The second-order valence-electron chi connectivity index (χ2n) is 8.02. The standard InChI is InChI=1S/C27H21ClN2O5S/c1-3-35-19-9-5-7-16(13-19)24(31)22-23(15-6-4-8-18(12-15)34-2)30(26(33)25(22)32)27-29-20-11-10-17(28)14-21(20)36-27/h4-14,23,31H,3H2,1-2H3. The maximum Gasteiger partial charge on any atom is 0.301 e. The summed E-state index contributed by atoms with van der Waals surface area (Å²) in [5.74, 6) is -0.798. The number of aliphatic hydroxyl groups is 1. The summed E-state index contributed by atoms with van der Waals surface area (Å²) in [6, 6.07) is 18.1. The summed E-state index contributed by atoms with van der Waals surface area (Å²) in [5, 5.41) is 12.2. The molecule has 1 aliphatic heterocycles. The third-order valence-electron chi connectivity index (χ3n) is 5.82. The Bertz CT molecular complexity index is 1530. The fourth-order valence-corrected chi connectivity index (χ4v) is 5.47. The van der Waals surface area contributed by atoms with Crippen LogP contribution in [0.1, 0.15) is 24.1 Å². The van der Waals surface area contributed by atoms with E-state index in [9.17, 15) is 14.7 Å². The lowest BCUT2D eigenvalue weighted by molar-refractivity contribution is -0.132. The van der Waals surface area contributed by atoms with E-state index in [-0.39, 0.29) is 11.3 Å². The molecule has 1 aliphatic rings. The van der Waals surface area contributed by atoms with Gasteiger partial charge in [0.15, 0.2) is 5.13 Å². The van der Waals surface area contributed by atoms with Crippen molar-refractivity contribution in [2.45, 2.75) is 13.0 Å². The van der Waals surface area contributed by atoms with E-state index in [2.05, 4.69) is 4.98 Å². The number of Topliss-reactive ketones (excluding diaryl/α,β-unsaturated/α-hetero) is 1. The molecule has 0 bridgehead atoms. The number of fused-ring (bicyclic) bond motifs is 1. The van der Waals surface area contributed by atoms with E-state index in [4.69, 9.17) is 21.1 Å².